The predicted octanol–water partition coefficient (Wildman–Crippen LogP) is 1.87. The lowest BCUT2D eigenvalue weighted by Gasteiger charge is -2.13. The van der Waals surface area contributed by atoms with Gasteiger partial charge in [-0.05, 0) is 36.2 Å². The summed E-state index contributed by atoms with van der Waals surface area (Å²) in [5.41, 5.74) is 7.63. The Hall–Kier alpha value is -1.54. The van der Waals surface area contributed by atoms with E-state index in [1.54, 1.807) is 6.07 Å². The average Bonchev–Trinajstić information content (AvgIpc) is 2.41. The number of sulfonamides is 1. The molecule has 0 spiro atoms. The van der Waals surface area contributed by atoms with Crippen LogP contribution in [0.3, 0.4) is 0 Å². The molecule has 112 valence electrons. The number of aliphatic hydroxyl groups is 1. The van der Waals surface area contributed by atoms with Gasteiger partial charge in [0.2, 0.25) is 10.0 Å². The van der Waals surface area contributed by atoms with Crippen LogP contribution in [0.25, 0.3) is 0 Å². The fraction of sp³-hybridized carbons (Fsp3) is 0.143. The molecule has 0 aromatic heterocycles. The number of benzene rings is 2. The molecular weight excluding hydrogens is 308 g/mol. The minimum Gasteiger partial charge on any atom is -0.398 e. The number of aliphatic hydroxyl groups excluding tert-OH is 1. The Labute approximate surface area is 128 Å². The highest BCUT2D eigenvalue weighted by atomic mass is 32.2. The molecule has 0 heterocycles. The average molecular weight is 324 g/mol. The first-order valence-corrected chi connectivity index (χ1v) is 8.48. The van der Waals surface area contributed by atoms with Crippen LogP contribution in [-0.2, 0) is 16.6 Å². The second-order valence-corrected chi connectivity index (χ2v) is 7.17. The van der Waals surface area contributed by atoms with E-state index >= 15 is 0 Å². The zero-order valence-electron chi connectivity index (χ0n) is 11.4. The number of nitrogen functional groups attached to an aromatic ring is 1. The minimum atomic E-state index is -3.93. The van der Waals surface area contributed by atoms with Gasteiger partial charge in [-0.1, -0.05) is 30.0 Å². The maximum absolute atomic E-state index is 11.8. The van der Waals surface area contributed by atoms with Crippen molar-refractivity contribution in [2.75, 3.05) is 5.73 Å². The molecule has 2 aromatic rings. The topological polar surface area (TPSA) is 106 Å². The third-order valence-electron chi connectivity index (χ3n) is 2.94. The van der Waals surface area contributed by atoms with Crippen LogP contribution in [-0.4, -0.2) is 13.5 Å². The molecule has 2 aromatic carbocycles. The van der Waals surface area contributed by atoms with Gasteiger partial charge in [0.25, 0.3) is 0 Å². The first-order chi connectivity index (χ1) is 9.82. The van der Waals surface area contributed by atoms with E-state index < -0.39 is 10.0 Å². The summed E-state index contributed by atoms with van der Waals surface area (Å²) in [5.74, 6) is 0. The molecule has 0 bridgehead atoms. The van der Waals surface area contributed by atoms with E-state index in [1.807, 2.05) is 31.2 Å². The first kappa shape index (κ1) is 15.8. The van der Waals surface area contributed by atoms with Crippen LogP contribution in [0, 0.1) is 6.92 Å². The molecule has 21 heavy (non-hydrogen) atoms. The van der Waals surface area contributed by atoms with E-state index in [4.69, 9.17) is 10.9 Å². The molecule has 0 saturated heterocycles. The third-order valence-corrected chi connectivity index (χ3v) is 5.34. The Kier molecular flexibility index (Phi) is 4.58. The third kappa shape index (κ3) is 3.56. The van der Waals surface area contributed by atoms with Crippen molar-refractivity contribution >= 4 is 27.5 Å². The lowest BCUT2D eigenvalue weighted by atomic mass is 10.2. The predicted molar refractivity (Wildman–Crippen MR) is 83.5 cm³/mol. The summed E-state index contributed by atoms with van der Waals surface area (Å²) in [7, 11) is -3.93. The molecule has 0 aliphatic carbocycles. The second-order valence-electron chi connectivity index (χ2n) is 4.58. The SMILES string of the molecule is Cc1ccccc1Sc1c(N)cc(CO)cc1S(N)(=O)=O. The molecule has 0 aliphatic heterocycles. The van der Waals surface area contributed by atoms with Gasteiger partial charge in [0.05, 0.1) is 16.4 Å². The van der Waals surface area contributed by atoms with Crippen molar-refractivity contribution in [3.8, 4) is 0 Å². The Bertz CT molecular complexity index is 774. The van der Waals surface area contributed by atoms with Gasteiger partial charge >= 0.3 is 0 Å². The number of anilines is 1. The van der Waals surface area contributed by atoms with Crippen LogP contribution < -0.4 is 10.9 Å². The summed E-state index contributed by atoms with van der Waals surface area (Å²) < 4.78 is 23.6. The summed E-state index contributed by atoms with van der Waals surface area (Å²) in [6.45, 7) is 1.62. The van der Waals surface area contributed by atoms with E-state index in [0.29, 0.717) is 10.5 Å². The lowest BCUT2D eigenvalue weighted by molar-refractivity contribution is 0.281. The van der Waals surface area contributed by atoms with Crippen LogP contribution in [0.4, 0.5) is 5.69 Å². The minimum absolute atomic E-state index is 0.0696. The number of rotatable bonds is 4. The van der Waals surface area contributed by atoms with Crippen molar-refractivity contribution in [3.05, 3.63) is 47.5 Å². The molecule has 0 saturated carbocycles. The maximum Gasteiger partial charge on any atom is 0.239 e. The summed E-state index contributed by atoms with van der Waals surface area (Å²) in [4.78, 5) is 1.20. The zero-order valence-corrected chi connectivity index (χ0v) is 13.0. The number of nitrogens with two attached hydrogens (primary N) is 2. The van der Waals surface area contributed by atoms with Gasteiger partial charge in [-0.15, -0.1) is 0 Å². The fourth-order valence-corrected chi connectivity index (χ4v) is 3.97. The Balaban J connectivity index is 2.60. The van der Waals surface area contributed by atoms with Crippen molar-refractivity contribution in [1.29, 1.82) is 0 Å². The van der Waals surface area contributed by atoms with Crippen molar-refractivity contribution in [3.63, 3.8) is 0 Å². The van der Waals surface area contributed by atoms with Gasteiger partial charge in [0, 0.05) is 10.6 Å². The highest BCUT2D eigenvalue weighted by Gasteiger charge is 2.19. The van der Waals surface area contributed by atoms with Crippen LogP contribution in [0.1, 0.15) is 11.1 Å². The number of aryl methyl sites for hydroxylation is 1. The van der Waals surface area contributed by atoms with Crippen LogP contribution in [0.15, 0.2) is 51.1 Å². The van der Waals surface area contributed by atoms with Gasteiger partial charge in [-0.3, -0.25) is 0 Å². The Morgan fingerprint density at radius 3 is 2.48 bits per heavy atom. The molecule has 0 radical (unpaired) electrons. The summed E-state index contributed by atoms with van der Waals surface area (Å²) in [5, 5.41) is 14.4. The first-order valence-electron chi connectivity index (χ1n) is 6.12. The standard InChI is InChI=1S/C14H16N2O3S2/c1-9-4-2-3-5-12(9)20-14-11(15)6-10(8-17)7-13(14)21(16,18)19/h2-7,17H,8,15H2,1H3,(H2,16,18,19). The van der Waals surface area contributed by atoms with Crippen LogP contribution in [0.5, 0.6) is 0 Å². The zero-order chi connectivity index (χ0) is 15.6. The van der Waals surface area contributed by atoms with Crippen molar-refractivity contribution < 1.29 is 13.5 Å². The van der Waals surface area contributed by atoms with E-state index in [0.717, 1.165) is 10.5 Å². The van der Waals surface area contributed by atoms with Crippen molar-refractivity contribution in [2.45, 2.75) is 28.2 Å². The molecule has 0 unspecified atom stereocenters. The van der Waals surface area contributed by atoms with Gasteiger partial charge < -0.3 is 10.8 Å². The van der Waals surface area contributed by atoms with Crippen molar-refractivity contribution in [1.82, 2.24) is 0 Å². The van der Waals surface area contributed by atoms with E-state index in [-0.39, 0.29) is 17.2 Å². The number of primary sulfonamides is 1. The molecular formula is C14H16N2O3S2. The summed E-state index contributed by atoms with van der Waals surface area (Å²) >= 11 is 1.25. The molecule has 0 amide bonds. The molecule has 2 rings (SSSR count). The van der Waals surface area contributed by atoms with Gasteiger partial charge in [-0.2, -0.15) is 0 Å². The van der Waals surface area contributed by atoms with Crippen LogP contribution in [0.2, 0.25) is 0 Å². The highest BCUT2D eigenvalue weighted by Crippen LogP contribution is 2.38. The summed E-state index contributed by atoms with van der Waals surface area (Å²) in [6, 6.07) is 10.5. The quantitative estimate of drug-likeness (QED) is 0.744. The van der Waals surface area contributed by atoms with E-state index in [9.17, 15) is 13.5 Å². The normalized spacial score (nSPS) is 11.6. The van der Waals surface area contributed by atoms with Gasteiger partial charge in [-0.25, -0.2) is 13.6 Å². The second kappa shape index (κ2) is 6.07. The molecule has 5 N–H and O–H groups in total. The Morgan fingerprint density at radius 1 is 1.24 bits per heavy atom. The number of hydrogen-bond donors (Lipinski definition) is 3. The lowest BCUT2D eigenvalue weighted by Crippen LogP contribution is -2.14. The smallest absolute Gasteiger partial charge is 0.239 e. The fourth-order valence-electron chi connectivity index (χ4n) is 1.88. The van der Waals surface area contributed by atoms with Crippen molar-refractivity contribution in [2.24, 2.45) is 5.14 Å². The number of hydrogen-bond acceptors (Lipinski definition) is 5. The Morgan fingerprint density at radius 2 is 1.90 bits per heavy atom. The molecule has 0 atom stereocenters. The largest absolute Gasteiger partial charge is 0.398 e. The molecule has 7 heteroatoms. The van der Waals surface area contributed by atoms with Gasteiger partial charge in [0.1, 0.15) is 0 Å². The highest BCUT2D eigenvalue weighted by molar-refractivity contribution is 8.00. The maximum atomic E-state index is 11.8. The van der Waals surface area contributed by atoms with E-state index in [1.165, 1.54) is 17.8 Å². The molecule has 5 nitrogen and oxygen atoms in total. The van der Waals surface area contributed by atoms with Crippen LogP contribution >= 0.6 is 11.8 Å². The van der Waals surface area contributed by atoms with E-state index in [2.05, 4.69) is 0 Å². The summed E-state index contributed by atoms with van der Waals surface area (Å²) in [6.07, 6.45) is 0. The van der Waals surface area contributed by atoms with Gasteiger partial charge in [0.15, 0.2) is 0 Å². The monoisotopic (exact) mass is 324 g/mol. The molecule has 0 aliphatic rings. The molecule has 0 fully saturated rings.